The van der Waals surface area contributed by atoms with Gasteiger partial charge in [0.1, 0.15) is 11.5 Å². The quantitative estimate of drug-likeness (QED) is 0.747. The summed E-state index contributed by atoms with van der Waals surface area (Å²) in [5.74, 6) is 0.881. The lowest BCUT2D eigenvalue weighted by atomic mass is 9.89. The van der Waals surface area contributed by atoms with Gasteiger partial charge >= 0.3 is 0 Å². The van der Waals surface area contributed by atoms with Gasteiger partial charge in [-0.1, -0.05) is 12.1 Å². The van der Waals surface area contributed by atoms with Crippen LogP contribution in [-0.2, 0) is 4.79 Å². The number of fused-ring (bicyclic) bond motifs is 1. The third-order valence-electron chi connectivity index (χ3n) is 4.89. The van der Waals surface area contributed by atoms with Gasteiger partial charge in [-0.05, 0) is 50.1 Å². The number of carbonyl (C=O) groups excluding carboxylic acids is 1. The lowest BCUT2D eigenvalue weighted by molar-refractivity contribution is -0.119. The van der Waals surface area contributed by atoms with Crippen LogP contribution in [0.2, 0.25) is 0 Å². The first-order valence-electron chi connectivity index (χ1n) is 9.03. The molecule has 0 aliphatic carbocycles. The van der Waals surface area contributed by atoms with Crippen LogP contribution in [0.4, 0.5) is 11.5 Å². The second-order valence-electron chi connectivity index (χ2n) is 6.97. The van der Waals surface area contributed by atoms with Crippen molar-refractivity contribution in [2.45, 2.75) is 39.3 Å². The molecule has 0 bridgehead atoms. The summed E-state index contributed by atoms with van der Waals surface area (Å²) < 4.78 is 0. The molecule has 2 N–H and O–H groups in total. The Balaban J connectivity index is 1.84. The molecule has 0 spiro atoms. The third kappa shape index (κ3) is 3.28. The molecule has 1 aromatic carbocycles. The van der Waals surface area contributed by atoms with Gasteiger partial charge in [0.25, 0.3) is 0 Å². The Labute approximate surface area is 157 Å². The lowest BCUT2D eigenvalue weighted by Gasteiger charge is -2.40. The number of aromatic amines is 1. The van der Waals surface area contributed by atoms with Gasteiger partial charge in [0.05, 0.1) is 12.2 Å². The van der Waals surface area contributed by atoms with Gasteiger partial charge in [0, 0.05) is 29.9 Å². The zero-order valence-electron chi connectivity index (χ0n) is 15.6. The Morgan fingerprint density at radius 2 is 2.15 bits per heavy atom. The second-order valence-corrected chi connectivity index (χ2v) is 6.97. The zero-order chi connectivity index (χ0) is 19.0. The number of nitrogens with zero attached hydrogens (tertiary/aromatic N) is 4. The molecule has 2 atom stereocenters. The van der Waals surface area contributed by atoms with Crippen LogP contribution >= 0.6 is 0 Å². The SMILES string of the molecule is CC(=O)NC1CC(C)N(c2cccc(C)n2)c2ccc(-c3cn[nH]n3)cc21. The van der Waals surface area contributed by atoms with E-state index in [9.17, 15) is 4.79 Å². The predicted octanol–water partition coefficient (Wildman–Crippen LogP) is 3.28. The van der Waals surface area contributed by atoms with Crippen molar-refractivity contribution in [1.29, 1.82) is 0 Å². The number of aromatic nitrogens is 4. The molecule has 7 nitrogen and oxygen atoms in total. The number of benzene rings is 1. The Morgan fingerprint density at radius 3 is 2.85 bits per heavy atom. The fraction of sp³-hybridized carbons (Fsp3) is 0.300. The minimum absolute atomic E-state index is 0.0351. The molecule has 4 rings (SSSR count). The van der Waals surface area contributed by atoms with E-state index in [1.165, 1.54) is 0 Å². The van der Waals surface area contributed by atoms with Crippen LogP contribution in [0.1, 0.15) is 37.6 Å². The molecule has 27 heavy (non-hydrogen) atoms. The molecule has 2 aromatic heterocycles. The molecule has 1 amide bonds. The number of amides is 1. The summed E-state index contributed by atoms with van der Waals surface area (Å²) in [4.78, 5) is 18.7. The monoisotopic (exact) mass is 362 g/mol. The molecule has 2 unspecified atom stereocenters. The van der Waals surface area contributed by atoms with Crippen molar-refractivity contribution in [1.82, 2.24) is 25.7 Å². The first-order valence-corrected chi connectivity index (χ1v) is 9.03. The van der Waals surface area contributed by atoms with Crippen LogP contribution in [-0.4, -0.2) is 32.3 Å². The van der Waals surface area contributed by atoms with E-state index in [0.29, 0.717) is 0 Å². The van der Waals surface area contributed by atoms with Gasteiger partial charge in [0.2, 0.25) is 5.91 Å². The zero-order valence-corrected chi connectivity index (χ0v) is 15.6. The summed E-state index contributed by atoms with van der Waals surface area (Å²) in [7, 11) is 0. The highest BCUT2D eigenvalue weighted by molar-refractivity contribution is 5.77. The van der Waals surface area contributed by atoms with E-state index in [0.717, 1.165) is 40.4 Å². The minimum atomic E-state index is -0.0552. The van der Waals surface area contributed by atoms with Crippen molar-refractivity contribution in [3.05, 3.63) is 53.9 Å². The number of hydrogen-bond donors (Lipinski definition) is 2. The van der Waals surface area contributed by atoms with Gasteiger partial charge in [0.15, 0.2) is 0 Å². The van der Waals surface area contributed by atoms with Crippen molar-refractivity contribution in [3.8, 4) is 11.3 Å². The number of anilines is 2. The third-order valence-corrected chi connectivity index (χ3v) is 4.89. The maximum Gasteiger partial charge on any atom is 0.217 e. The maximum atomic E-state index is 11.8. The smallest absolute Gasteiger partial charge is 0.217 e. The van der Waals surface area contributed by atoms with Crippen LogP contribution in [0.25, 0.3) is 11.3 Å². The van der Waals surface area contributed by atoms with Crippen LogP contribution in [0.15, 0.2) is 42.6 Å². The van der Waals surface area contributed by atoms with E-state index in [-0.39, 0.29) is 18.0 Å². The molecule has 0 radical (unpaired) electrons. The molecule has 1 aliphatic rings. The lowest BCUT2D eigenvalue weighted by Crippen LogP contribution is -2.40. The summed E-state index contributed by atoms with van der Waals surface area (Å²) in [5, 5.41) is 13.8. The van der Waals surface area contributed by atoms with Gasteiger partial charge in [-0.25, -0.2) is 4.98 Å². The fourth-order valence-corrected chi connectivity index (χ4v) is 3.76. The van der Waals surface area contributed by atoms with E-state index in [1.807, 2.05) is 31.2 Å². The highest BCUT2D eigenvalue weighted by Gasteiger charge is 2.32. The van der Waals surface area contributed by atoms with E-state index >= 15 is 0 Å². The van der Waals surface area contributed by atoms with E-state index in [2.05, 4.69) is 44.7 Å². The number of aryl methyl sites for hydroxylation is 1. The highest BCUT2D eigenvalue weighted by atomic mass is 16.1. The summed E-state index contributed by atoms with van der Waals surface area (Å²) >= 11 is 0. The molecule has 0 saturated carbocycles. The first kappa shape index (κ1) is 17.2. The van der Waals surface area contributed by atoms with Crippen molar-refractivity contribution < 1.29 is 4.79 Å². The molecule has 3 heterocycles. The summed E-state index contributed by atoms with van der Waals surface area (Å²) in [5.41, 5.74) is 4.83. The van der Waals surface area contributed by atoms with Crippen molar-refractivity contribution >= 4 is 17.4 Å². The fourth-order valence-electron chi connectivity index (χ4n) is 3.76. The molecular formula is C20H22N6O. The summed E-state index contributed by atoms with van der Waals surface area (Å²) in [6.45, 7) is 5.71. The van der Waals surface area contributed by atoms with Crippen molar-refractivity contribution in [2.24, 2.45) is 0 Å². The highest BCUT2D eigenvalue weighted by Crippen LogP contribution is 2.42. The first-order chi connectivity index (χ1) is 13.0. The standard InChI is InChI=1S/C20H22N6O/c1-12-5-4-6-20(22-12)26-13(2)9-17(23-14(3)27)16-10-15(7-8-19(16)26)18-11-21-25-24-18/h4-8,10-11,13,17H,9H2,1-3H3,(H,23,27)(H,21,24,25). The normalized spacial score (nSPS) is 18.9. The van der Waals surface area contributed by atoms with E-state index < -0.39 is 0 Å². The number of carbonyl (C=O) groups is 1. The van der Waals surface area contributed by atoms with Crippen LogP contribution < -0.4 is 10.2 Å². The predicted molar refractivity (Wildman–Crippen MR) is 104 cm³/mol. The van der Waals surface area contributed by atoms with E-state index in [4.69, 9.17) is 4.98 Å². The molecule has 7 heteroatoms. The average Bonchev–Trinajstić information content (AvgIpc) is 3.16. The van der Waals surface area contributed by atoms with Gasteiger partial charge < -0.3 is 10.2 Å². The molecular weight excluding hydrogens is 340 g/mol. The average molecular weight is 362 g/mol. The van der Waals surface area contributed by atoms with Crippen molar-refractivity contribution in [3.63, 3.8) is 0 Å². The molecule has 0 fully saturated rings. The number of nitrogens with one attached hydrogen (secondary N) is 2. The topological polar surface area (TPSA) is 86.8 Å². The Morgan fingerprint density at radius 1 is 1.30 bits per heavy atom. The summed E-state index contributed by atoms with van der Waals surface area (Å²) in [6, 6.07) is 12.4. The molecule has 138 valence electrons. The largest absolute Gasteiger partial charge is 0.349 e. The van der Waals surface area contributed by atoms with E-state index in [1.54, 1.807) is 13.1 Å². The molecule has 3 aromatic rings. The summed E-state index contributed by atoms with van der Waals surface area (Å²) in [6.07, 6.45) is 2.49. The molecule has 1 aliphatic heterocycles. The number of hydrogen-bond acceptors (Lipinski definition) is 5. The molecule has 0 saturated heterocycles. The Kier molecular flexibility index (Phi) is 4.35. The van der Waals surface area contributed by atoms with Crippen LogP contribution in [0.3, 0.4) is 0 Å². The van der Waals surface area contributed by atoms with Gasteiger partial charge in [-0.3, -0.25) is 4.79 Å². The minimum Gasteiger partial charge on any atom is -0.349 e. The van der Waals surface area contributed by atoms with Crippen LogP contribution in [0, 0.1) is 6.92 Å². The van der Waals surface area contributed by atoms with Crippen molar-refractivity contribution in [2.75, 3.05) is 4.90 Å². The Bertz CT molecular complexity index is 968. The van der Waals surface area contributed by atoms with Gasteiger partial charge in [-0.15, -0.1) is 0 Å². The second kappa shape index (κ2) is 6.83. The van der Waals surface area contributed by atoms with Gasteiger partial charge in [-0.2, -0.15) is 15.4 Å². The Hall–Kier alpha value is -3.22. The number of H-pyrrole nitrogens is 1. The maximum absolute atomic E-state index is 11.8. The number of rotatable bonds is 3. The van der Waals surface area contributed by atoms with Crippen LogP contribution in [0.5, 0.6) is 0 Å². The number of pyridine rings is 1.